The minimum Gasteiger partial charge on any atom is -0.292 e. The van der Waals surface area contributed by atoms with Crippen molar-refractivity contribution in [1.82, 2.24) is 23.7 Å². The second-order valence-corrected chi connectivity index (χ2v) is 8.67. The van der Waals surface area contributed by atoms with E-state index in [1.807, 2.05) is 0 Å². The van der Waals surface area contributed by atoms with Crippen molar-refractivity contribution in [3.05, 3.63) is 138 Å². The summed E-state index contributed by atoms with van der Waals surface area (Å²) >= 11 is 6.07. The fourth-order valence-corrected chi connectivity index (χ4v) is 4.48. The molecule has 180 valence electrons. The molecule has 0 aliphatic carbocycles. The van der Waals surface area contributed by atoms with Gasteiger partial charge in [-0.1, -0.05) is 48.0 Å². The van der Waals surface area contributed by atoms with Crippen LogP contribution in [0.15, 0.2) is 110 Å². The minimum atomic E-state index is -0.800. The van der Waals surface area contributed by atoms with Crippen LogP contribution in [0.2, 0.25) is 5.02 Å². The van der Waals surface area contributed by atoms with Gasteiger partial charge in [0.05, 0.1) is 22.3 Å². The van der Waals surface area contributed by atoms with Crippen molar-refractivity contribution in [3.63, 3.8) is 0 Å². The Balaban J connectivity index is 1.81. The van der Waals surface area contributed by atoms with Crippen molar-refractivity contribution < 1.29 is 0 Å². The van der Waals surface area contributed by atoms with Crippen LogP contribution in [-0.4, -0.2) is 23.7 Å². The maximum Gasteiger partial charge on any atom is 0.357 e. The van der Waals surface area contributed by atoms with Crippen LogP contribution in [0.1, 0.15) is 0 Å². The minimum absolute atomic E-state index is 0.00971. The Labute approximate surface area is 212 Å². The van der Waals surface area contributed by atoms with Crippen LogP contribution in [-0.2, 0) is 0 Å². The third kappa shape index (κ3) is 3.60. The number of rotatable bonds is 3. The number of H-pyrrole nitrogens is 1. The second-order valence-electron chi connectivity index (χ2n) is 8.23. The monoisotopic (exact) mass is 509 g/mol. The van der Waals surface area contributed by atoms with Crippen molar-refractivity contribution >= 4 is 22.6 Å². The maximum atomic E-state index is 13.7. The van der Waals surface area contributed by atoms with Gasteiger partial charge in [-0.05, 0) is 54.6 Å². The molecule has 1 N–H and O–H groups in total. The number of nitrogens with one attached hydrogen (secondary N) is 1. The van der Waals surface area contributed by atoms with E-state index < -0.39 is 22.5 Å². The predicted octanol–water partition coefficient (Wildman–Crippen LogP) is 3.13. The zero-order valence-electron chi connectivity index (χ0n) is 19.0. The molecule has 0 unspecified atom stereocenters. The zero-order chi connectivity index (χ0) is 25.7. The molecule has 9 nitrogen and oxygen atoms in total. The molecule has 1 aromatic heterocycles. The summed E-state index contributed by atoms with van der Waals surface area (Å²) in [6, 6.07) is 24.7. The van der Waals surface area contributed by atoms with Crippen molar-refractivity contribution in [1.29, 1.82) is 0 Å². The first-order chi connectivity index (χ1) is 17.9. The Bertz CT molecular complexity index is 1960. The number of hydrogen-bond donors (Lipinski definition) is 1. The molecule has 0 spiro atoms. The quantitative estimate of drug-likeness (QED) is 0.368. The summed E-state index contributed by atoms with van der Waals surface area (Å²) in [4.78, 5) is 60.5. The molecule has 2 aliphatic rings. The van der Waals surface area contributed by atoms with E-state index in [1.54, 1.807) is 84.9 Å². The summed E-state index contributed by atoms with van der Waals surface area (Å²) in [6.45, 7) is 0. The van der Waals surface area contributed by atoms with Gasteiger partial charge in [-0.2, -0.15) is 4.98 Å². The summed E-state index contributed by atoms with van der Waals surface area (Å²) in [6.07, 6.45) is 0. The molecule has 0 atom stereocenters. The predicted molar refractivity (Wildman–Crippen MR) is 141 cm³/mol. The van der Waals surface area contributed by atoms with E-state index in [9.17, 15) is 19.2 Å². The van der Waals surface area contributed by atoms with Crippen LogP contribution in [0.5, 0.6) is 0 Å². The zero-order valence-corrected chi connectivity index (χ0v) is 19.7. The number of hydrogen-bond acceptors (Lipinski definition) is 5. The number of aromatic nitrogens is 5. The van der Waals surface area contributed by atoms with Crippen LogP contribution in [0.3, 0.4) is 0 Å². The van der Waals surface area contributed by atoms with E-state index in [0.29, 0.717) is 22.1 Å². The molecule has 0 bridgehead atoms. The van der Waals surface area contributed by atoms with Crippen LogP contribution in [0.25, 0.3) is 39.5 Å². The molecule has 3 aromatic carbocycles. The van der Waals surface area contributed by atoms with Gasteiger partial charge < -0.3 is 0 Å². The van der Waals surface area contributed by atoms with E-state index >= 15 is 0 Å². The average molecular weight is 510 g/mol. The summed E-state index contributed by atoms with van der Waals surface area (Å²) < 4.78 is 3.35. The Kier molecular flexibility index (Phi) is 5.20. The molecule has 3 heterocycles. The lowest BCUT2D eigenvalue weighted by Gasteiger charge is -2.19. The van der Waals surface area contributed by atoms with Crippen molar-refractivity contribution in [2.45, 2.75) is 0 Å². The average Bonchev–Trinajstić information content (AvgIpc) is 2.90. The van der Waals surface area contributed by atoms with Gasteiger partial charge in [0, 0.05) is 10.7 Å². The van der Waals surface area contributed by atoms with E-state index in [-0.39, 0.29) is 22.4 Å². The summed E-state index contributed by atoms with van der Waals surface area (Å²) in [5.74, 6) is -0.00971. The van der Waals surface area contributed by atoms with Gasteiger partial charge in [0.2, 0.25) is 0 Å². The lowest BCUT2D eigenvalue weighted by atomic mass is 10.1. The Morgan fingerprint density at radius 3 is 1.84 bits per heavy atom. The molecule has 10 heteroatoms. The topological polar surface area (TPSA) is 112 Å². The number of para-hydroxylation sites is 2. The van der Waals surface area contributed by atoms with E-state index in [0.717, 1.165) is 9.13 Å². The summed E-state index contributed by atoms with van der Waals surface area (Å²) in [7, 11) is 0. The van der Waals surface area contributed by atoms with Gasteiger partial charge in [-0.15, -0.1) is 0 Å². The molecule has 0 saturated heterocycles. The highest BCUT2D eigenvalue weighted by Crippen LogP contribution is 2.26. The van der Waals surface area contributed by atoms with Crippen LogP contribution < -0.4 is 22.5 Å². The third-order valence-electron chi connectivity index (χ3n) is 6.02. The molecule has 4 aromatic rings. The van der Waals surface area contributed by atoms with Gasteiger partial charge in [0.15, 0.2) is 5.82 Å². The maximum absolute atomic E-state index is 13.7. The smallest absolute Gasteiger partial charge is 0.292 e. The summed E-state index contributed by atoms with van der Waals surface area (Å²) in [5, 5.41) is 0.515. The van der Waals surface area contributed by atoms with Gasteiger partial charge in [-0.3, -0.25) is 19.1 Å². The van der Waals surface area contributed by atoms with Gasteiger partial charge in [0.1, 0.15) is 5.65 Å². The van der Waals surface area contributed by atoms with E-state index in [4.69, 9.17) is 11.6 Å². The second kappa shape index (κ2) is 8.58. The molecular weight excluding hydrogens is 494 g/mol. The molecule has 37 heavy (non-hydrogen) atoms. The third-order valence-corrected chi connectivity index (χ3v) is 6.27. The molecule has 6 rings (SSSR count). The number of benzene rings is 3. The Morgan fingerprint density at radius 2 is 1.22 bits per heavy atom. The molecule has 2 aliphatic heterocycles. The lowest BCUT2D eigenvalue weighted by Crippen LogP contribution is -2.38. The van der Waals surface area contributed by atoms with Gasteiger partial charge >= 0.3 is 11.4 Å². The van der Waals surface area contributed by atoms with Crippen LogP contribution >= 0.6 is 11.6 Å². The standard InChI is InChI=1S/C27H16ClN5O4/c28-16-11-13-19(14-12-16)31-22-20(24(34)32(26(36)29-22)17-7-3-1-4-8-17)15-21-23(31)30-27(37)33(25(21)35)18-9-5-2-6-10-18/h1-15H,(H,29,36). The molecule has 0 radical (unpaired) electrons. The van der Waals surface area contributed by atoms with Crippen LogP contribution in [0.4, 0.5) is 0 Å². The van der Waals surface area contributed by atoms with Crippen molar-refractivity contribution in [3.8, 4) is 28.5 Å². The fraction of sp³-hybridized carbons (Fsp3) is 0. The van der Waals surface area contributed by atoms with Crippen molar-refractivity contribution in [2.75, 3.05) is 0 Å². The molecule has 0 saturated carbocycles. The number of fused-ring (bicyclic) bond motifs is 2. The fourth-order valence-electron chi connectivity index (χ4n) is 4.35. The first-order valence-electron chi connectivity index (χ1n) is 11.2. The molecule has 0 fully saturated rings. The largest absolute Gasteiger partial charge is 0.357 e. The van der Waals surface area contributed by atoms with Crippen molar-refractivity contribution in [2.24, 2.45) is 0 Å². The summed E-state index contributed by atoms with van der Waals surface area (Å²) in [5.41, 5.74) is -1.52. The number of nitrogens with zero attached hydrogens (tertiary/aromatic N) is 4. The van der Waals surface area contributed by atoms with Gasteiger partial charge in [-0.25, -0.2) is 18.7 Å². The highest BCUT2D eigenvalue weighted by Gasteiger charge is 2.24. The first-order valence-corrected chi connectivity index (χ1v) is 11.6. The van der Waals surface area contributed by atoms with E-state index in [1.165, 1.54) is 10.6 Å². The number of halogens is 1. The molecule has 0 amide bonds. The normalized spacial score (nSPS) is 11.3. The Morgan fingerprint density at radius 1 is 0.649 bits per heavy atom. The lowest BCUT2D eigenvalue weighted by molar-refractivity contribution is 0.840. The molecular formula is C27H16ClN5O4. The Hall–Kier alpha value is -5.02. The SMILES string of the molecule is O=c1nc2n(-c3ccc(Cl)cc3)c3[nH]c(=O)n(-c4ccccc4)c(=O)c3cc-2c(=O)n1-c1ccccc1. The van der Waals surface area contributed by atoms with Gasteiger partial charge in [0.25, 0.3) is 11.1 Å². The number of aromatic amines is 1. The van der Waals surface area contributed by atoms with Crippen LogP contribution in [0, 0.1) is 0 Å². The number of pyridine rings is 1. The van der Waals surface area contributed by atoms with E-state index in [2.05, 4.69) is 9.97 Å². The highest BCUT2D eigenvalue weighted by atomic mass is 35.5. The first kappa shape index (κ1) is 22.4. The highest BCUT2D eigenvalue weighted by molar-refractivity contribution is 6.30.